The predicted molar refractivity (Wildman–Crippen MR) is 83.2 cm³/mol. The van der Waals surface area contributed by atoms with Gasteiger partial charge in [-0.15, -0.1) is 12.4 Å². The van der Waals surface area contributed by atoms with Crippen LogP contribution in [0.2, 0.25) is 0 Å². The molecule has 1 amide bonds. The lowest BCUT2D eigenvalue weighted by atomic mass is 9.89. The van der Waals surface area contributed by atoms with Crippen LogP contribution in [0, 0.1) is 11.8 Å². The van der Waals surface area contributed by atoms with E-state index in [0.717, 1.165) is 44.6 Å². The van der Waals surface area contributed by atoms with Crippen LogP contribution in [0.3, 0.4) is 0 Å². The molecule has 0 bridgehead atoms. The summed E-state index contributed by atoms with van der Waals surface area (Å²) in [6.07, 6.45) is 6.25. The van der Waals surface area contributed by atoms with Gasteiger partial charge in [-0.05, 0) is 50.7 Å². The van der Waals surface area contributed by atoms with Crippen LogP contribution in [0.1, 0.15) is 32.1 Å². The number of hydrogen-bond acceptors (Lipinski definition) is 3. The summed E-state index contributed by atoms with van der Waals surface area (Å²) in [4.78, 5) is 16.9. The Morgan fingerprint density at radius 1 is 1.00 bits per heavy atom. The molecule has 0 radical (unpaired) electrons. The summed E-state index contributed by atoms with van der Waals surface area (Å²) in [6.45, 7) is 7.21. The summed E-state index contributed by atoms with van der Waals surface area (Å²) >= 11 is 0. The molecule has 3 aliphatic rings. The lowest BCUT2D eigenvalue weighted by Gasteiger charge is -2.35. The highest BCUT2D eigenvalue weighted by Gasteiger charge is 2.33. The number of piperidine rings is 1. The predicted octanol–water partition coefficient (Wildman–Crippen LogP) is 1.35. The molecule has 0 aromatic carbocycles. The zero-order chi connectivity index (χ0) is 13.1. The molecule has 3 fully saturated rings. The summed E-state index contributed by atoms with van der Waals surface area (Å²) < 4.78 is 0. The second kappa shape index (κ2) is 7.62. The number of carbonyl (C=O) groups is 1. The van der Waals surface area contributed by atoms with Crippen LogP contribution in [0.15, 0.2) is 0 Å². The van der Waals surface area contributed by atoms with Crippen LogP contribution in [-0.4, -0.2) is 61.5 Å². The highest BCUT2D eigenvalue weighted by Crippen LogP contribution is 2.26. The van der Waals surface area contributed by atoms with Gasteiger partial charge in [0.1, 0.15) is 0 Å². The van der Waals surface area contributed by atoms with Crippen molar-refractivity contribution in [1.82, 2.24) is 15.1 Å². The van der Waals surface area contributed by atoms with Gasteiger partial charge in [0, 0.05) is 19.6 Å². The van der Waals surface area contributed by atoms with Gasteiger partial charge >= 0.3 is 0 Å². The van der Waals surface area contributed by atoms with E-state index in [9.17, 15) is 4.79 Å². The number of likely N-dealkylation sites (tertiary alicyclic amines) is 2. The number of amides is 1. The summed E-state index contributed by atoms with van der Waals surface area (Å²) in [5, 5.41) is 3.49. The maximum atomic E-state index is 12.4. The molecule has 0 aromatic rings. The van der Waals surface area contributed by atoms with Gasteiger partial charge in [-0.2, -0.15) is 0 Å². The lowest BCUT2D eigenvalue weighted by molar-refractivity contribution is -0.132. The van der Waals surface area contributed by atoms with Crippen molar-refractivity contribution in [1.29, 1.82) is 0 Å². The normalized spacial score (nSPS) is 31.3. The number of carbonyl (C=O) groups excluding carboxylic acids is 1. The Morgan fingerprint density at radius 2 is 1.70 bits per heavy atom. The average Bonchev–Trinajstić information content (AvgIpc) is 2.71. The molecule has 2 unspecified atom stereocenters. The SMILES string of the molecule is Cl.O=C(CN1CCC2CNCC2C1)N1CCCCCC1. The van der Waals surface area contributed by atoms with E-state index in [0.29, 0.717) is 12.5 Å². The number of hydrogen-bond donors (Lipinski definition) is 1. The van der Waals surface area contributed by atoms with Crippen molar-refractivity contribution in [2.45, 2.75) is 32.1 Å². The van der Waals surface area contributed by atoms with E-state index in [-0.39, 0.29) is 12.4 Å². The first-order valence-electron chi connectivity index (χ1n) is 8.04. The van der Waals surface area contributed by atoms with Gasteiger partial charge < -0.3 is 10.2 Å². The van der Waals surface area contributed by atoms with Crippen molar-refractivity contribution in [2.24, 2.45) is 11.8 Å². The minimum Gasteiger partial charge on any atom is -0.342 e. The van der Waals surface area contributed by atoms with Gasteiger partial charge in [0.15, 0.2) is 0 Å². The van der Waals surface area contributed by atoms with Gasteiger partial charge in [0.2, 0.25) is 5.91 Å². The molecule has 3 heterocycles. The number of nitrogens with zero attached hydrogens (tertiary/aromatic N) is 2. The molecule has 5 heteroatoms. The number of rotatable bonds is 2. The standard InChI is InChI=1S/C15H27N3O.ClH/c19-15(18-6-3-1-2-4-7-18)12-17-8-5-13-9-16-10-14(13)11-17;/h13-14,16H,1-12H2;1H. The fourth-order valence-corrected chi connectivity index (χ4v) is 3.87. The summed E-state index contributed by atoms with van der Waals surface area (Å²) in [6, 6.07) is 0. The second-order valence-corrected chi connectivity index (χ2v) is 6.50. The van der Waals surface area contributed by atoms with E-state index in [2.05, 4.69) is 15.1 Å². The van der Waals surface area contributed by atoms with E-state index < -0.39 is 0 Å². The Hall–Kier alpha value is -0.320. The van der Waals surface area contributed by atoms with Crippen molar-refractivity contribution < 1.29 is 4.79 Å². The lowest BCUT2D eigenvalue weighted by Crippen LogP contribution is -2.46. The Balaban J connectivity index is 0.00000147. The molecule has 0 aromatic heterocycles. The minimum absolute atomic E-state index is 0. The second-order valence-electron chi connectivity index (χ2n) is 6.50. The number of nitrogens with one attached hydrogen (secondary N) is 1. The summed E-state index contributed by atoms with van der Waals surface area (Å²) in [7, 11) is 0. The van der Waals surface area contributed by atoms with Gasteiger partial charge in [-0.3, -0.25) is 9.69 Å². The summed E-state index contributed by atoms with van der Waals surface area (Å²) in [5.74, 6) is 2.02. The molecule has 1 N–H and O–H groups in total. The smallest absolute Gasteiger partial charge is 0.236 e. The third-order valence-corrected chi connectivity index (χ3v) is 5.11. The minimum atomic E-state index is 0. The van der Waals surface area contributed by atoms with E-state index in [4.69, 9.17) is 0 Å². The molecule has 2 atom stereocenters. The topological polar surface area (TPSA) is 35.6 Å². The van der Waals surface area contributed by atoms with Gasteiger partial charge in [-0.25, -0.2) is 0 Å². The number of fused-ring (bicyclic) bond motifs is 1. The Bertz CT molecular complexity index is 318. The Morgan fingerprint density at radius 3 is 2.45 bits per heavy atom. The van der Waals surface area contributed by atoms with E-state index in [1.54, 1.807) is 0 Å². The van der Waals surface area contributed by atoms with Crippen LogP contribution in [0.4, 0.5) is 0 Å². The van der Waals surface area contributed by atoms with E-state index in [1.807, 2.05) is 0 Å². The Kier molecular flexibility index (Phi) is 6.12. The van der Waals surface area contributed by atoms with Gasteiger partial charge in [-0.1, -0.05) is 12.8 Å². The van der Waals surface area contributed by atoms with Crippen molar-refractivity contribution in [3.8, 4) is 0 Å². The molecule has 0 saturated carbocycles. The third-order valence-electron chi connectivity index (χ3n) is 5.11. The zero-order valence-electron chi connectivity index (χ0n) is 12.4. The van der Waals surface area contributed by atoms with Crippen LogP contribution in [0.25, 0.3) is 0 Å². The molecule has 0 spiro atoms. The van der Waals surface area contributed by atoms with Crippen LogP contribution >= 0.6 is 12.4 Å². The third kappa shape index (κ3) is 3.86. The summed E-state index contributed by atoms with van der Waals surface area (Å²) in [5.41, 5.74) is 0. The van der Waals surface area contributed by atoms with Crippen LogP contribution in [0.5, 0.6) is 0 Å². The quantitative estimate of drug-likeness (QED) is 0.836. The first kappa shape index (κ1) is 16.1. The molecule has 4 nitrogen and oxygen atoms in total. The first-order valence-corrected chi connectivity index (χ1v) is 8.04. The Labute approximate surface area is 128 Å². The van der Waals surface area contributed by atoms with Crippen LogP contribution in [-0.2, 0) is 4.79 Å². The molecule has 20 heavy (non-hydrogen) atoms. The molecular weight excluding hydrogens is 274 g/mol. The molecule has 0 aliphatic carbocycles. The maximum Gasteiger partial charge on any atom is 0.236 e. The largest absolute Gasteiger partial charge is 0.342 e. The number of halogens is 1. The van der Waals surface area contributed by atoms with Crippen molar-refractivity contribution in [2.75, 3.05) is 45.8 Å². The van der Waals surface area contributed by atoms with Crippen molar-refractivity contribution in [3.05, 3.63) is 0 Å². The van der Waals surface area contributed by atoms with E-state index >= 15 is 0 Å². The average molecular weight is 302 g/mol. The maximum absolute atomic E-state index is 12.4. The fourth-order valence-electron chi connectivity index (χ4n) is 3.87. The van der Waals surface area contributed by atoms with Crippen molar-refractivity contribution >= 4 is 18.3 Å². The van der Waals surface area contributed by atoms with Gasteiger partial charge in [0.05, 0.1) is 6.54 Å². The molecule has 3 saturated heterocycles. The highest BCUT2D eigenvalue weighted by molar-refractivity contribution is 5.85. The van der Waals surface area contributed by atoms with Crippen molar-refractivity contribution in [3.63, 3.8) is 0 Å². The zero-order valence-corrected chi connectivity index (χ0v) is 13.2. The van der Waals surface area contributed by atoms with Gasteiger partial charge in [0.25, 0.3) is 0 Å². The monoisotopic (exact) mass is 301 g/mol. The molecule has 116 valence electrons. The molecular formula is C15H28ClN3O. The fraction of sp³-hybridized carbons (Fsp3) is 0.933. The molecule has 3 aliphatic heterocycles. The first-order chi connectivity index (χ1) is 9.33. The molecule has 3 rings (SSSR count). The highest BCUT2D eigenvalue weighted by atomic mass is 35.5. The van der Waals surface area contributed by atoms with E-state index in [1.165, 1.54) is 38.6 Å². The van der Waals surface area contributed by atoms with Crippen LogP contribution < -0.4 is 5.32 Å².